The van der Waals surface area contributed by atoms with Crippen LogP contribution in [0.1, 0.15) is 5.56 Å². The number of ether oxygens (including phenoxy) is 1. The average Bonchev–Trinajstić information content (AvgIpc) is 3.23. The van der Waals surface area contributed by atoms with Gasteiger partial charge in [-0.1, -0.05) is 41.6 Å². The molecule has 10 heteroatoms. The summed E-state index contributed by atoms with van der Waals surface area (Å²) in [4.78, 5) is 32.0. The monoisotopic (exact) mass is 459 g/mol. The zero-order chi connectivity index (χ0) is 22.0. The van der Waals surface area contributed by atoms with Gasteiger partial charge in [-0.3, -0.25) is 19.9 Å². The fraction of sp³-hybridized carbons (Fsp3) is 0.286. The van der Waals surface area contributed by atoms with Crippen molar-refractivity contribution in [2.24, 2.45) is 10.9 Å². The molecule has 0 spiro atoms. The molecule has 0 bridgehead atoms. The molecule has 2 aliphatic rings. The number of amidine groups is 1. The fourth-order valence-electron chi connectivity index (χ4n) is 3.43. The second-order valence-electron chi connectivity index (χ2n) is 7.13. The molecular weight excluding hydrogens is 438 g/mol. The first-order chi connectivity index (χ1) is 15.0. The Hall–Kier alpha value is -2.59. The summed E-state index contributed by atoms with van der Waals surface area (Å²) in [7, 11) is 1.53. The number of para-hydroxylation sites is 1. The molecule has 2 atom stereocenters. The summed E-state index contributed by atoms with van der Waals surface area (Å²) in [6.07, 6.45) is -0.376. The number of rotatable bonds is 5. The summed E-state index contributed by atoms with van der Waals surface area (Å²) in [5.74, 6) is -0.0138. The van der Waals surface area contributed by atoms with Crippen LogP contribution in [0.5, 0.6) is 5.75 Å². The molecule has 1 saturated heterocycles. The van der Waals surface area contributed by atoms with E-state index < -0.39 is 0 Å². The van der Waals surface area contributed by atoms with Gasteiger partial charge in [-0.25, -0.2) is 10.4 Å². The molecular formula is C21H22ClN5O3S. The van der Waals surface area contributed by atoms with E-state index in [9.17, 15) is 9.59 Å². The summed E-state index contributed by atoms with van der Waals surface area (Å²) in [5.41, 5.74) is 8.30. The SMILES string of the molecule is COc1ccc(N2C(=O)C3CNNC3N=C2SCC(=O)Nc2ccccc2C)cc1Cl. The third kappa shape index (κ3) is 4.54. The first kappa shape index (κ1) is 21.6. The highest BCUT2D eigenvalue weighted by Gasteiger charge is 2.42. The zero-order valence-corrected chi connectivity index (χ0v) is 18.6. The van der Waals surface area contributed by atoms with Crippen molar-refractivity contribution < 1.29 is 14.3 Å². The number of halogens is 1. The van der Waals surface area contributed by atoms with Gasteiger partial charge in [-0.15, -0.1) is 0 Å². The Balaban J connectivity index is 1.55. The number of hydrogen-bond donors (Lipinski definition) is 3. The first-order valence-corrected chi connectivity index (χ1v) is 11.1. The Morgan fingerprint density at radius 3 is 2.90 bits per heavy atom. The largest absolute Gasteiger partial charge is 0.495 e. The van der Waals surface area contributed by atoms with Crippen molar-refractivity contribution in [3.05, 3.63) is 53.1 Å². The summed E-state index contributed by atoms with van der Waals surface area (Å²) in [6.45, 7) is 2.40. The third-order valence-electron chi connectivity index (χ3n) is 5.08. The highest BCUT2D eigenvalue weighted by atomic mass is 35.5. The van der Waals surface area contributed by atoms with Crippen molar-refractivity contribution in [3.8, 4) is 5.75 Å². The summed E-state index contributed by atoms with van der Waals surface area (Å²) < 4.78 is 5.21. The minimum atomic E-state index is -0.376. The fourth-order valence-corrected chi connectivity index (χ4v) is 4.53. The second kappa shape index (κ2) is 9.27. The van der Waals surface area contributed by atoms with Crippen LogP contribution in [0.25, 0.3) is 0 Å². The maximum absolute atomic E-state index is 13.2. The van der Waals surface area contributed by atoms with Gasteiger partial charge < -0.3 is 10.1 Å². The minimum absolute atomic E-state index is 0.103. The van der Waals surface area contributed by atoms with E-state index in [2.05, 4.69) is 21.2 Å². The highest BCUT2D eigenvalue weighted by Crippen LogP contribution is 2.34. The van der Waals surface area contributed by atoms with Gasteiger partial charge >= 0.3 is 0 Å². The molecule has 2 aromatic rings. The number of hydrazine groups is 1. The van der Waals surface area contributed by atoms with Crippen LogP contribution in [0.15, 0.2) is 47.5 Å². The van der Waals surface area contributed by atoms with Crippen molar-refractivity contribution in [3.63, 3.8) is 0 Å². The number of carbonyl (C=O) groups excluding carboxylic acids is 2. The Morgan fingerprint density at radius 1 is 1.35 bits per heavy atom. The molecule has 1 fully saturated rings. The van der Waals surface area contributed by atoms with Crippen LogP contribution < -0.4 is 25.8 Å². The number of carbonyl (C=O) groups is 2. The van der Waals surface area contributed by atoms with Gasteiger partial charge in [0.15, 0.2) is 5.17 Å². The van der Waals surface area contributed by atoms with E-state index in [1.54, 1.807) is 18.2 Å². The molecule has 2 amide bonds. The number of benzene rings is 2. The number of aliphatic imine (C=N–C) groups is 1. The minimum Gasteiger partial charge on any atom is -0.495 e. The summed E-state index contributed by atoms with van der Waals surface area (Å²) in [6, 6.07) is 12.7. The molecule has 2 aromatic carbocycles. The molecule has 2 heterocycles. The predicted molar refractivity (Wildman–Crippen MR) is 124 cm³/mol. The number of fused-ring (bicyclic) bond motifs is 1. The molecule has 0 aliphatic carbocycles. The smallest absolute Gasteiger partial charge is 0.241 e. The van der Waals surface area contributed by atoms with E-state index in [0.29, 0.717) is 28.2 Å². The van der Waals surface area contributed by atoms with Gasteiger partial charge in [0.1, 0.15) is 11.9 Å². The topological polar surface area (TPSA) is 95.1 Å². The van der Waals surface area contributed by atoms with Crippen LogP contribution in [0.3, 0.4) is 0 Å². The van der Waals surface area contributed by atoms with Gasteiger partial charge in [0.25, 0.3) is 0 Å². The number of nitrogens with one attached hydrogen (secondary N) is 3. The van der Waals surface area contributed by atoms with Crippen molar-refractivity contribution in [2.75, 3.05) is 29.6 Å². The number of aryl methyl sites for hydroxylation is 1. The molecule has 4 rings (SSSR count). The number of nitrogens with zero attached hydrogens (tertiary/aromatic N) is 2. The maximum atomic E-state index is 13.2. The normalized spacial score (nSPS) is 20.3. The number of anilines is 2. The lowest BCUT2D eigenvalue weighted by atomic mass is 10.0. The van der Waals surface area contributed by atoms with E-state index in [4.69, 9.17) is 16.3 Å². The van der Waals surface area contributed by atoms with Crippen molar-refractivity contribution in [1.29, 1.82) is 0 Å². The molecule has 0 radical (unpaired) electrons. The first-order valence-electron chi connectivity index (χ1n) is 9.70. The van der Waals surface area contributed by atoms with Crippen LogP contribution in [0.2, 0.25) is 5.02 Å². The molecule has 2 aliphatic heterocycles. The molecule has 0 aromatic heterocycles. The van der Waals surface area contributed by atoms with Gasteiger partial charge in [0, 0.05) is 12.2 Å². The molecule has 0 saturated carbocycles. The van der Waals surface area contributed by atoms with Gasteiger partial charge in [-0.2, -0.15) is 0 Å². The Labute approximate surface area is 189 Å². The van der Waals surface area contributed by atoms with Crippen molar-refractivity contribution in [1.82, 2.24) is 10.9 Å². The van der Waals surface area contributed by atoms with Crippen LogP contribution in [0.4, 0.5) is 11.4 Å². The van der Waals surface area contributed by atoms with Crippen LogP contribution in [-0.2, 0) is 9.59 Å². The van der Waals surface area contributed by atoms with Gasteiger partial charge in [-0.05, 0) is 36.8 Å². The average molecular weight is 460 g/mol. The Morgan fingerprint density at radius 2 is 2.16 bits per heavy atom. The van der Waals surface area contributed by atoms with Crippen LogP contribution in [0, 0.1) is 12.8 Å². The quantitative estimate of drug-likeness (QED) is 0.636. The van der Waals surface area contributed by atoms with E-state index >= 15 is 0 Å². The third-order valence-corrected chi connectivity index (χ3v) is 6.32. The molecule has 162 valence electrons. The summed E-state index contributed by atoms with van der Waals surface area (Å²) in [5, 5.41) is 3.72. The molecule has 31 heavy (non-hydrogen) atoms. The molecule has 3 N–H and O–H groups in total. The van der Waals surface area contributed by atoms with Crippen LogP contribution in [-0.4, -0.2) is 42.6 Å². The zero-order valence-electron chi connectivity index (χ0n) is 17.0. The lowest BCUT2D eigenvalue weighted by molar-refractivity contribution is -0.121. The predicted octanol–water partition coefficient (Wildman–Crippen LogP) is 2.78. The van der Waals surface area contributed by atoms with Gasteiger partial charge in [0.2, 0.25) is 11.8 Å². The number of thioether (sulfide) groups is 1. The number of amides is 2. The Kier molecular flexibility index (Phi) is 6.47. The molecule has 8 nitrogen and oxygen atoms in total. The van der Waals surface area contributed by atoms with Crippen molar-refractivity contribution >= 4 is 51.7 Å². The highest BCUT2D eigenvalue weighted by molar-refractivity contribution is 8.14. The van der Waals surface area contributed by atoms with Gasteiger partial charge in [0.05, 0.1) is 29.5 Å². The van der Waals surface area contributed by atoms with Crippen LogP contribution >= 0.6 is 23.4 Å². The van der Waals surface area contributed by atoms with E-state index in [-0.39, 0.29) is 29.7 Å². The van der Waals surface area contributed by atoms with E-state index in [1.807, 2.05) is 31.2 Å². The van der Waals surface area contributed by atoms with E-state index in [1.165, 1.54) is 23.8 Å². The lowest BCUT2D eigenvalue weighted by Crippen LogP contribution is -2.49. The van der Waals surface area contributed by atoms with E-state index in [0.717, 1.165) is 11.3 Å². The standard InChI is InChI=1S/C21H22ClN5O3S/c1-12-5-3-4-6-16(12)24-18(28)11-31-21-25-19-14(10-23-26-19)20(29)27(21)13-7-8-17(30-2)15(22)9-13/h3-9,14,19,23,26H,10-11H2,1-2H3,(H,24,28). The number of methoxy groups -OCH3 is 1. The lowest BCUT2D eigenvalue weighted by Gasteiger charge is -2.32. The second-order valence-corrected chi connectivity index (χ2v) is 8.48. The van der Waals surface area contributed by atoms with Crippen molar-refractivity contribution in [2.45, 2.75) is 13.1 Å². The number of hydrogen-bond acceptors (Lipinski definition) is 7. The summed E-state index contributed by atoms with van der Waals surface area (Å²) >= 11 is 7.49. The Bertz CT molecular complexity index is 1050. The molecule has 2 unspecified atom stereocenters. The maximum Gasteiger partial charge on any atom is 0.241 e.